The first kappa shape index (κ1) is 18.4. The number of carbonyl (C=O) groups is 1. The lowest BCUT2D eigenvalue weighted by atomic mass is 9.97. The van der Waals surface area contributed by atoms with Gasteiger partial charge in [0.1, 0.15) is 18.1 Å². The number of ether oxygens (including phenoxy) is 2. The number of imidazole rings is 1. The predicted octanol–water partition coefficient (Wildman–Crippen LogP) is 2.66. The molecule has 1 amide bonds. The van der Waals surface area contributed by atoms with Crippen molar-refractivity contribution in [2.24, 2.45) is 0 Å². The van der Waals surface area contributed by atoms with E-state index in [1.807, 2.05) is 10.6 Å². The number of carbonyl (C=O) groups excluding carboxylic acids is 1. The number of methoxy groups -OCH3 is 1. The number of hydrogen-bond donors (Lipinski definition) is 1. The van der Waals surface area contributed by atoms with Gasteiger partial charge in [-0.15, -0.1) is 0 Å². The number of pyridine rings is 1. The first-order valence-electron chi connectivity index (χ1n) is 9.23. The van der Waals surface area contributed by atoms with Gasteiger partial charge in [0.05, 0.1) is 24.9 Å². The van der Waals surface area contributed by atoms with Gasteiger partial charge in [0, 0.05) is 49.9 Å². The van der Waals surface area contributed by atoms with Crippen molar-refractivity contribution < 1.29 is 18.7 Å². The molecule has 1 aliphatic heterocycles. The van der Waals surface area contributed by atoms with Crippen molar-refractivity contribution in [3.8, 4) is 5.75 Å². The Bertz CT molecular complexity index is 977. The molecule has 0 aromatic carbocycles. The minimum Gasteiger partial charge on any atom is -0.496 e. The highest BCUT2D eigenvalue weighted by Gasteiger charge is 2.21. The molecule has 0 aliphatic carbocycles. The highest BCUT2D eigenvalue weighted by Crippen LogP contribution is 2.28. The summed E-state index contributed by atoms with van der Waals surface area (Å²) in [4.78, 5) is 17.4. The zero-order valence-corrected chi connectivity index (χ0v) is 15.6. The average Bonchev–Trinajstić information content (AvgIpc) is 3.34. The van der Waals surface area contributed by atoms with Crippen LogP contribution in [0.4, 0.5) is 10.2 Å². The molecule has 1 N–H and O–H groups in total. The van der Waals surface area contributed by atoms with Crippen molar-refractivity contribution in [3.05, 3.63) is 42.0 Å². The molecule has 4 heterocycles. The fraction of sp³-hybridized carbons (Fsp3) is 0.421. The Hall–Kier alpha value is -2.94. The molecule has 1 fully saturated rings. The lowest BCUT2D eigenvalue weighted by molar-refractivity contribution is 0.0846. The molecular weight excluding hydrogens is 365 g/mol. The number of fused-ring (bicyclic) bond motifs is 1. The first-order valence-corrected chi connectivity index (χ1v) is 9.23. The van der Waals surface area contributed by atoms with Crippen LogP contribution in [0.15, 0.2) is 30.7 Å². The van der Waals surface area contributed by atoms with Crippen LogP contribution < -0.4 is 10.1 Å². The smallest absolute Gasteiger partial charge is 0.262 e. The van der Waals surface area contributed by atoms with Gasteiger partial charge < -0.3 is 19.2 Å². The maximum absolute atomic E-state index is 12.7. The molecule has 3 aromatic heterocycles. The van der Waals surface area contributed by atoms with Crippen molar-refractivity contribution in [2.45, 2.75) is 25.3 Å². The van der Waals surface area contributed by atoms with Crippen molar-refractivity contribution >= 4 is 17.4 Å². The average molecular weight is 387 g/mol. The highest BCUT2D eigenvalue weighted by molar-refractivity contribution is 6.05. The second-order valence-corrected chi connectivity index (χ2v) is 6.68. The van der Waals surface area contributed by atoms with Crippen LogP contribution in [-0.4, -0.2) is 52.1 Å². The van der Waals surface area contributed by atoms with E-state index in [0.717, 1.165) is 37.4 Å². The summed E-state index contributed by atoms with van der Waals surface area (Å²) in [6.07, 6.45) is 7.16. The molecule has 0 unspecified atom stereocenters. The Kier molecular flexibility index (Phi) is 5.25. The maximum atomic E-state index is 12.7. The molecule has 1 aliphatic rings. The normalized spacial score (nSPS) is 15.1. The molecule has 8 nitrogen and oxygen atoms in total. The number of amides is 1. The van der Waals surface area contributed by atoms with Crippen LogP contribution in [0.2, 0.25) is 0 Å². The Morgan fingerprint density at radius 1 is 1.39 bits per heavy atom. The summed E-state index contributed by atoms with van der Waals surface area (Å²) in [7, 11) is 1.51. The van der Waals surface area contributed by atoms with Crippen LogP contribution in [-0.2, 0) is 11.3 Å². The standard InChI is InChI=1S/C19H22FN5O3/c1-27-16-10-18-21-15(13-3-8-28-9-4-13)12-24(18)11-14(16)19(26)22-17-2-6-25(23-17)7-5-20/h2,6,10-13H,3-5,7-9H2,1H3,(H,22,23,26). The molecule has 4 rings (SSSR count). The lowest BCUT2D eigenvalue weighted by Gasteiger charge is -2.19. The van der Waals surface area contributed by atoms with Crippen LogP contribution in [0, 0.1) is 0 Å². The van der Waals surface area contributed by atoms with Crippen LogP contribution in [0.25, 0.3) is 5.65 Å². The van der Waals surface area contributed by atoms with Gasteiger partial charge in [-0.1, -0.05) is 0 Å². The third kappa shape index (κ3) is 3.70. The van der Waals surface area contributed by atoms with E-state index >= 15 is 0 Å². The number of hydrogen-bond acceptors (Lipinski definition) is 5. The monoisotopic (exact) mass is 387 g/mol. The topological polar surface area (TPSA) is 82.7 Å². The van der Waals surface area contributed by atoms with Crippen LogP contribution >= 0.6 is 0 Å². The summed E-state index contributed by atoms with van der Waals surface area (Å²) < 4.78 is 26.5. The van der Waals surface area contributed by atoms with Crippen molar-refractivity contribution in [1.82, 2.24) is 19.2 Å². The van der Waals surface area contributed by atoms with Crippen molar-refractivity contribution in [2.75, 3.05) is 32.3 Å². The fourth-order valence-electron chi connectivity index (χ4n) is 3.39. The van der Waals surface area contributed by atoms with E-state index in [4.69, 9.17) is 14.5 Å². The molecular formula is C19H22FN5O3. The summed E-state index contributed by atoms with van der Waals surface area (Å²) in [5.41, 5.74) is 2.08. The van der Waals surface area contributed by atoms with E-state index in [9.17, 15) is 9.18 Å². The van der Waals surface area contributed by atoms with Gasteiger partial charge in [0.2, 0.25) is 0 Å². The van der Waals surface area contributed by atoms with E-state index in [-0.39, 0.29) is 12.5 Å². The second kappa shape index (κ2) is 7.97. The van der Waals surface area contributed by atoms with Gasteiger partial charge in [-0.25, -0.2) is 9.37 Å². The van der Waals surface area contributed by atoms with Gasteiger partial charge in [-0.2, -0.15) is 5.10 Å². The molecule has 0 spiro atoms. The zero-order valence-electron chi connectivity index (χ0n) is 15.6. The first-order chi connectivity index (χ1) is 13.7. The summed E-state index contributed by atoms with van der Waals surface area (Å²) in [5.74, 6) is 0.786. The van der Waals surface area contributed by atoms with E-state index in [1.165, 1.54) is 11.8 Å². The minimum absolute atomic E-state index is 0.148. The summed E-state index contributed by atoms with van der Waals surface area (Å²) >= 11 is 0. The molecule has 0 radical (unpaired) electrons. The fourth-order valence-corrected chi connectivity index (χ4v) is 3.39. The van der Waals surface area contributed by atoms with Gasteiger partial charge in [-0.3, -0.25) is 9.48 Å². The predicted molar refractivity (Wildman–Crippen MR) is 101 cm³/mol. The molecule has 148 valence electrons. The molecule has 28 heavy (non-hydrogen) atoms. The van der Waals surface area contributed by atoms with E-state index < -0.39 is 6.67 Å². The number of nitrogens with one attached hydrogen (secondary N) is 1. The summed E-state index contributed by atoms with van der Waals surface area (Å²) in [6.45, 7) is 1.11. The van der Waals surface area contributed by atoms with E-state index in [0.29, 0.717) is 23.0 Å². The van der Waals surface area contributed by atoms with E-state index in [2.05, 4.69) is 10.4 Å². The lowest BCUT2D eigenvalue weighted by Crippen LogP contribution is -2.15. The SMILES string of the molecule is COc1cc2nc(C3CCOCC3)cn2cc1C(=O)Nc1ccn(CCF)n1. The number of anilines is 1. The van der Waals surface area contributed by atoms with Gasteiger partial charge in [0.15, 0.2) is 5.82 Å². The number of nitrogens with zero attached hydrogens (tertiary/aromatic N) is 4. The van der Waals surface area contributed by atoms with Crippen LogP contribution in [0.5, 0.6) is 5.75 Å². The third-order valence-electron chi connectivity index (χ3n) is 4.87. The third-order valence-corrected chi connectivity index (χ3v) is 4.87. The van der Waals surface area contributed by atoms with Crippen LogP contribution in [0.3, 0.4) is 0 Å². The van der Waals surface area contributed by atoms with Crippen LogP contribution in [0.1, 0.15) is 34.8 Å². The van der Waals surface area contributed by atoms with Gasteiger partial charge in [-0.05, 0) is 12.8 Å². The number of halogens is 1. The Morgan fingerprint density at radius 3 is 2.96 bits per heavy atom. The van der Waals surface area contributed by atoms with E-state index in [1.54, 1.807) is 24.5 Å². The van der Waals surface area contributed by atoms with Crippen molar-refractivity contribution in [3.63, 3.8) is 0 Å². The summed E-state index contributed by atoms with van der Waals surface area (Å²) in [6, 6.07) is 3.37. The Balaban J connectivity index is 1.60. The zero-order chi connectivity index (χ0) is 19.5. The molecule has 0 saturated carbocycles. The minimum atomic E-state index is -0.518. The number of aromatic nitrogens is 4. The van der Waals surface area contributed by atoms with Gasteiger partial charge >= 0.3 is 0 Å². The molecule has 0 atom stereocenters. The molecule has 0 bridgehead atoms. The quantitative estimate of drug-likeness (QED) is 0.703. The highest BCUT2D eigenvalue weighted by atomic mass is 19.1. The number of rotatable bonds is 6. The number of alkyl halides is 1. The molecule has 9 heteroatoms. The van der Waals surface area contributed by atoms with Gasteiger partial charge in [0.25, 0.3) is 5.91 Å². The number of aryl methyl sites for hydroxylation is 1. The molecule has 1 saturated heterocycles. The molecule has 3 aromatic rings. The largest absolute Gasteiger partial charge is 0.496 e. The Labute approximate surface area is 161 Å². The maximum Gasteiger partial charge on any atom is 0.262 e. The second-order valence-electron chi connectivity index (χ2n) is 6.68. The van der Waals surface area contributed by atoms with Crippen molar-refractivity contribution in [1.29, 1.82) is 0 Å². The Morgan fingerprint density at radius 2 is 2.21 bits per heavy atom. The summed E-state index contributed by atoms with van der Waals surface area (Å²) in [5, 5.41) is 6.84.